The van der Waals surface area contributed by atoms with Gasteiger partial charge in [-0.3, -0.25) is 10.1 Å². The molecule has 2 N–H and O–H groups in total. The minimum absolute atomic E-state index is 0.0189. The van der Waals surface area contributed by atoms with E-state index in [1.807, 2.05) is 13.8 Å². The second-order valence-electron chi connectivity index (χ2n) is 5.01. The van der Waals surface area contributed by atoms with Crippen molar-refractivity contribution in [1.82, 2.24) is 0 Å². The molecule has 0 bridgehead atoms. The Morgan fingerprint density at radius 3 is 2.47 bits per heavy atom. The molecule has 1 aromatic carbocycles. The molecule has 2 rings (SSSR count). The van der Waals surface area contributed by atoms with Crippen LogP contribution >= 0.6 is 0 Å². The highest BCUT2D eigenvalue weighted by atomic mass is 16.6. The predicted octanol–water partition coefficient (Wildman–Crippen LogP) is 2.05. The molecular formula is C12H16N2O3. The van der Waals surface area contributed by atoms with Crippen molar-refractivity contribution in [2.75, 3.05) is 7.11 Å². The maximum Gasteiger partial charge on any atom is 0.276 e. The number of hydrogen-bond donors (Lipinski definition) is 1. The van der Waals surface area contributed by atoms with Crippen LogP contribution in [0.2, 0.25) is 0 Å². The van der Waals surface area contributed by atoms with E-state index in [1.54, 1.807) is 12.1 Å². The van der Waals surface area contributed by atoms with E-state index < -0.39 is 0 Å². The molecule has 0 aliphatic heterocycles. The molecule has 0 unspecified atom stereocenters. The Morgan fingerprint density at radius 1 is 1.47 bits per heavy atom. The van der Waals surface area contributed by atoms with E-state index in [4.69, 9.17) is 10.5 Å². The highest BCUT2D eigenvalue weighted by Crippen LogP contribution is 2.59. The van der Waals surface area contributed by atoms with Gasteiger partial charge in [0, 0.05) is 17.5 Å². The first-order valence-corrected chi connectivity index (χ1v) is 5.47. The molecule has 0 spiro atoms. The van der Waals surface area contributed by atoms with Gasteiger partial charge in [0.25, 0.3) is 5.69 Å². The van der Waals surface area contributed by atoms with E-state index in [0.29, 0.717) is 11.3 Å². The van der Waals surface area contributed by atoms with Crippen LogP contribution in [0.3, 0.4) is 0 Å². The molecule has 0 amide bonds. The number of ether oxygens (including phenoxy) is 1. The first-order chi connectivity index (χ1) is 7.89. The summed E-state index contributed by atoms with van der Waals surface area (Å²) in [5, 5.41) is 11.0. The van der Waals surface area contributed by atoms with Gasteiger partial charge in [-0.1, -0.05) is 13.8 Å². The van der Waals surface area contributed by atoms with Gasteiger partial charge in [0.15, 0.2) is 0 Å². The zero-order chi connectivity index (χ0) is 12.8. The molecule has 0 heterocycles. The molecule has 1 saturated carbocycles. The van der Waals surface area contributed by atoms with Gasteiger partial charge in [0.1, 0.15) is 5.75 Å². The van der Waals surface area contributed by atoms with Crippen LogP contribution < -0.4 is 10.5 Å². The Labute approximate surface area is 99.7 Å². The molecule has 1 aliphatic rings. The molecule has 1 aromatic rings. The normalized spacial score (nSPS) is 25.4. The molecule has 17 heavy (non-hydrogen) atoms. The fourth-order valence-electron chi connectivity index (χ4n) is 2.34. The minimum Gasteiger partial charge on any atom is -0.497 e. The van der Waals surface area contributed by atoms with E-state index in [0.717, 1.165) is 0 Å². The fourth-order valence-corrected chi connectivity index (χ4v) is 2.34. The molecule has 0 aromatic heterocycles. The lowest BCUT2D eigenvalue weighted by atomic mass is 10.0. The van der Waals surface area contributed by atoms with Gasteiger partial charge >= 0.3 is 0 Å². The molecule has 92 valence electrons. The van der Waals surface area contributed by atoms with Crippen LogP contribution in [-0.2, 0) is 0 Å². The summed E-state index contributed by atoms with van der Waals surface area (Å²) < 4.78 is 5.00. The van der Waals surface area contributed by atoms with Crippen molar-refractivity contribution in [3.05, 3.63) is 33.9 Å². The van der Waals surface area contributed by atoms with Crippen LogP contribution in [0.4, 0.5) is 5.69 Å². The summed E-state index contributed by atoms with van der Waals surface area (Å²) >= 11 is 0. The van der Waals surface area contributed by atoms with Crippen LogP contribution in [0.5, 0.6) is 5.75 Å². The van der Waals surface area contributed by atoms with Gasteiger partial charge in [-0.25, -0.2) is 0 Å². The summed E-state index contributed by atoms with van der Waals surface area (Å²) in [5.41, 5.74) is 6.69. The number of methoxy groups -OCH3 is 1. The Kier molecular flexibility index (Phi) is 2.58. The van der Waals surface area contributed by atoms with Crippen molar-refractivity contribution in [3.8, 4) is 5.75 Å². The standard InChI is InChI=1S/C12H16N2O3/c1-12(2)10(11(12)13)8-5-4-7(17-3)6-9(8)14(15)16/h4-6,10-11H,13H2,1-3H3/t10-,11-/m0/s1. The predicted molar refractivity (Wildman–Crippen MR) is 64.1 cm³/mol. The maximum atomic E-state index is 11.0. The van der Waals surface area contributed by atoms with E-state index in [-0.39, 0.29) is 28.0 Å². The fraction of sp³-hybridized carbons (Fsp3) is 0.500. The molecule has 0 radical (unpaired) electrons. The first kappa shape index (κ1) is 11.9. The van der Waals surface area contributed by atoms with Gasteiger partial charge in [-0.05, 0) is 17.5 Å². The summed E-state index contributed by atoms with van der Waals surface area (Å²) in [6.07, 6.45) is 0. The van der Waals surface area contributed by atoms with Crippen molar-refractivity contribution in [3.63, 3.8) is 0 Å². The lowest BCUT2D eigenvalue weighted by Crippen LogP contribution is -2.06. The van der Waals surface area contributed by atoms with E-state index in [9.17, 15) is 10.1 Å². The van der Waals surface area contributed by atoms with E-state index >= 15 is 0 Å². The van der Waals surface area contributed by atoms with Gasteiger partial charge in [-0.2, -0.15) is 0 Å². The zero-order valence-corrected chi connectivity index (χ0v) is 10.1. The average Bonchev–Trinajstić information content (AvgIpc) is 2.77. The third kappa shape index (κ3) is 1.76. The Bertz CT molecular complexity index is 471. The molecule has 5 heteroatoms. The SMILES string of the molecule is COc1ccc([C@H]2[C@H](N)C2(C)C)c([N+](=O)[O-])c1. The van der Waals surface area contributed by atoms with Crippen molar-refractivity contribution < 1.29 is 9.66 Å². The summed E-state index contributed by atoms with van der Waals surface area (Å²) in [6.45, 7) is 4.05. The summed E-state index contributed by atoms with van der Waals surface area (Å²) in [6, 6.07) is 4.92. The summed E-state index contributed by atoms with van der Waals surface area (Å²) in [7, 11) is 1.49. The summed E-state index contributed by atoms with van der Waals surface area (Å²) in [5.74, 6) is 0.543. The van der Waals surface area contributed by atoms with Crippen LogP contribution in [-0.4, -0.2) is 18.1 Å². The number of nitrogens with two attached hydrogens (primary N) is 1. The topological polar surface area (TPSA) is 78.4 Å². The number of benzene rings is 1. The highest BCUT2D eigenvalue weighted by molar-refractivity contribution is 5.52. The van der Waals surface area contributed by atoms with Crippen LogP contribution in [0.1, 0.15) is 25.3 Å². The third-order valence-electron chi connectivity index (χ3n) is 3.68. The van der Waals surface area contributed by atoms with Crippen LogP contribution in [0.25, 0.3) is 0 Å². The molecule has 0 saturated heterocycles. The Balaban J connectivity index is 2.45. The molecule has 5 nitrogen and oxygen atoms in total. The van der Waals surface area contributed by atoms with Gasteiger partial charge in [-0.15, -0.1) is 0 Å². The first-order valence-electron chi connectivity index (χ1n) is 5.47. The van der Waals surface area contributed by atoms with Crippen LogP contribution in [0.15, 0.2) is 18.2 Å². The highest BCUT2D eigenvalue weighted by Gasteiger charge is 2.58. The van der Waals surface area contributed by atoms with Crippen LogP contribution in [0, 0.1) is 15.5 Å². The summed E-state index contributed by atoms with van der Waals surface area (Å²) in [4.78, 5) is 10.7. The average molecular weight is 236 g/mol. The number of hydrogen-bond acceptors (Lipinski definition) is 4. The monoisotopic (exact) mass is 236 g/mol. The largest absolute Gasteiger partial charge is 0.497 e. The molecule has 1 fully saturated rings. The molecular weight excluding hydrogens is 220 g/mol. The minimum atomic E-state index is -0.376. The third-order valence-corrected chi connectivity index (χ3v) is 3.68. The smallest absolute Gasteiger partial charge is 0.276 e. The van der Waals surface area contributed by atoms with Gasteiger partial charge < -0.3 is 10.5 Å². The van der Waals surface area contributed by atoms with Crippen molar-refractivity contribution in [1.29, 1.82) is 0 Å². The van der Waals surface area contributed by atoms with Gasteiger partial charge in [0.05, 0.1) is 18.1 Å². The number of rotatable bonds is 3. The van der Waals surface area contributed by atoms with E-state index in [2.05, 4.69) is 0 Å². The number of nitro benzene ring substituents is 1. The zero-order valence-electron chi connectivity index (χ0n) is 10.1. The second kappa shape index (κ2) is 3.70. The lowest BCUT2D eigenvalue weighted by Gasteiger charge is -2.06. The molecule has 1 aliphatic carbocycles. The van der Waals surface area contributed by atoms with Crippen molar-refractivity contribution in [2.24, 2.45) is 11.1 Å². The second-order valence-corrected chi connectivity index (χ2v) is 5.01. The van der Waals surface area contributed by atoms with Crippen molar-refractivity contribution in [2.45, 2.75) is 25.8 Å². The Hall–Kier alpha value is -1.62. The number of nitro groups is 1. The maximum absolute atomic E-state index is 11.0. The van der Waals surface area contributed by atoms with E-state index in [1.165, 1.54) is 13.2 Å². The Morgan fingerprint density at radius 2 is 2.06 bits per heavy atom. The quantitative estimate of drug-likeness (QED) is 0.643. The van der Waals surface area contributed by atoms with Gasteiger partial charge in [0.2, 0.25) is 0 Å². The molecule has 2 atom stereocenters. The van der Waals surface area contributed by atoms with Crippen molar-refractivity contribution >= 4 is 5.69 Å². The number of nitrogens with zero attached hydrogens (tertiary/aromatic N) is 1. The lowest BCUT2D eigenvalue weighted by molar-refractivity contribution is -0.385.